The molecule has 256 valence electrons. The van der Waals surface area contributed by atoms with Gasteiger partial charge in [-0.15, -0.1) is 0 Å². The highest BCUT2D eigenvalue weighted by Gasteiger charge is 2.47. The molecule has 2 aromatic rings. The zero-order valence-corrected chi connectivity index (χ0v) is 26.9. The second-order valence-corrected chi connectivity index (χ2v) is 13.9. The number of imidazole rings is 1. The zero-order chi connectivity index (χ0) is 34.7. The number of hydrogen-bond acceptors (Lipinski definition) is 6. The number of ether oxygens (including phenoxy) is 1. The maximum atomic E-state index is 12.2. The minimum atomic E-state index is -6.72. The minimum Gasteiger partial charge on any atom is -0.450 e. The van der Waals surface area contributed by atoms with Crippen molar-refractivity contribution in [2.24, 2.45) is 0 Å². The van der Waals surface area contributed by atoms with Crippen LogP contribution >= 0.6 is 0 Å². The first-order valence-corrected chi connectivity index (χ1v) is 16.5. The molecule has 2 rings (SSSR count). The Hall–Kier alpha value is -3.12. The zero-order valence-electron chi connectivity index (χ0n) is 25.3. The molecule has 0 bridgehead atoms. The molecule has 1 aromatic carbocycles. The summed E-state index contributed by atoms with van der Waals surface area (Å²) in [5.41, 5.74) is -9.79. The van der Waals surface area contributed by atoms with Crippen LogP contribution in [0.1, 0.15) is 70.9 Å². The van der Waals surface area contributed by atoms with E-state index in [2.05, 4.69) is 52.7 Å². The van der Waals surface area contributed by atoms with Crippen molar-refractivity contribution in [1.29, 1.82) is 0 Å². The van der Waals surface area contributed by atoms with Gasteiger partial charge in [-0.2, -0.15) is 26.3 Å². The Morgan fingerprint density at radius 3 is 2.11 bits per heavy atom. The molecule has 10 nitrogen and oxygen atoms in total. The normalized spacial score (nSPS) is 12.7. The van der Waals surface area contributed by atoms with E-state index < -0.39 is 36.6 Å². The van der Waals surface area contributed by atoms with E-state index in [1.165, 1.54) is 0 Å². The number of aromatic nitrogens is 2. The van der Waals surface area contributed by atoms with Gasteiger partial charge in [0.05, 0.1) is 25.2 Å². The molecule has 0 fully saturated rings. The summed E-state index contributed by atoms with van der Waals surface area (Å²) in [5.74, 6) is 0. The molecule has 0 saturated carbocycles. The van der Waals surface area contributed by atoms with Gasteiger partial charge in [0, 0.05) is 0 Å². The van der Waals surface area contributed by atoms with E-state index in [-0.39, 0.29) is 6.09 Å². The molecule has 1 amide bonds. The molecule has 45 heavy (non-hydrogen) atoms. The van der Waals surface area contributed by atoms with Gasteiger partial charge in [-0.3, -0.25) is 0 Å². The number of nitrogens with zero attached hydrogens (tertiary/aromatic N) is 3. The SMILES string of the molecule is C=C(C)c1cccc(C(C)(C)NC(=O)OCCCCCCn2cc[n+](CCC)c2)c1.O=S(=O)([N-]S(=O)(=O)C(F)(F)F)C(F)(F)F. The maximum Gasteiger partial charge on any atom is 0.480 e. The van der Waals surface area contributed by atoms with Crippen LogP contribution in [0.4, 0.5) is 31.1 Å². The Bertz CT molecular complexity index is 1450. The highest BCUT2D eigenvalue weighted by Crippen LogP contribution is 2.36. The summed E-state index contributed by atoms with van der Waals surface area (Å²) in [6.07, 6.45) is 11.4. The van der Waals surface area contributed by atoms with Crippen LogP contribution in [0, 0.1) is 0 Å². The number of alkyl halides is 6. The molecule has 0 atom stereocenters. The number of alkyl carbamates (subject to hydrolysis) is 1. The van der Waals surface area contributed by atoms with Crippen LogP contribution in [0.15, 0.2) is 49.6 Å². The Morgan fingerprint density at radius 1 is 1.00 bits per heavy atom. The number of carbonyl (C=O) groups is 1. The molecule has 0 radical (unpaired) electrons. The van der Waals surface area contributed by atoms with E-state index in [1.807, 2.05) is 39.0 Å². The van der Waals surface area contributed by atoms with Gasteiger partial charge < -0.3 is 14.2 Å². The molecule has 0 aliphatic heterocycles. The predicted molar refractivity (Wildman–Crippen MR) is 155 cm³/mol. The van der Waals surface area contributed by atoms with Gasteiger partial charge >= 0.3 is 17.1 Å². The van der Waals surface area contributed by atoms with Crippen molar-refractivity contribution in [2.75, 3.05) is 6.61 Å². The average molecular weight is 693 g/mol. The van der Waals surface area contributed by atoms with E-state index in [4.69, 9.17) is 4.74 Å². The van der Waals surface area contributed by atoms with Crippen molar-refractivity contribution in [2.45, 2.75) is 89.4 Å². The van der Waals surface area contributed by atoms with Crippen molar-refractivity contribution < 1.29 is 57.3 Å². The van der Waals surface area contributed by atoms with Gasteiger partial charge in [-0.1, -0.05) is 37.3 Å². The molecule has 0 spiro atoms. The van der Waals surface area contributed by atoms with Crippen LogP contribution in [0.25, 0.3) is 9.70 Å². The van der Waals surface area contributed by atoms with Crippen LogP contribution in [-0.2, 0) is 43.4 Å². The van der Waals surface area contributed by atoms with Gasteiger partial charge in [0.2, 0.25) is 6.33 Å². The highest BCUT2D eigenvalue weighted by molar-refractivity contribution is 8.13. The second kappa shape index (κ2) is 16.4. The largest absolute Gasteiger partial charge is 0.480 e. The van der Waals surface area contributed by atoms with Crippen LogP contribution in [-0.4, -0.2) is 45.1 Å². The molecule has 1 N–H and O–H groups in total. The highest BCUT2D eigenvalue weighted by atomic mass is 32.3. The topological polar surface area (TPSA) is 130 Å². The number of carbonyl (C=O) groups excluding carboxylic acids is 1. The summed E-state index contributed by atoms with van der Waals surface area (Å²) in [4.78, 5) is 12.2. The number of amides is 1. The molecular weight excluding hydrogens is 654 g/mol. The summed E-state index contributed by atoms with van der Waals surface area (Å²) < 4.78 is 119. The van der Waals surface area contributed by atoms with Crippen LogP contribution < -0.4 is 9.88 Å². The number of benzene rings is 1. The van der Waals surface area contributed by atoms with Gasteiger partial charge in [-0.25, -0.2) is 30.8 Å². The van der Waals surface area contributed by atoms with Gasteiger partial charge in [0.25, 0.3) is 0 Å². The fourth-order valence-electron chi connectivity index (χ4n) is 3.63. The lowest BCUT2D eigenvalue weighted by atomic mass is 9.92. The number of nitrogens with one attached hydrogen (secondary N) is 1. The summed E-state index contributed by atoms with van der Waals surface area (Å²) in [6.45, 7) is 14.7. The molecule has 0 unspecified atom stereocenters. The third-order valence-corrected chi connectivity index (χ3v) is 8.78. The molecule has 18 heteroatoms. The smallest absolute Gasteiger partial charge is 0.450 e. The van der Waals surface area contributed by atoms with E-state index in [1.54, 1.807) is 0 Å². The number of halogens is 6. The summed E-state index contributed by atoms with van der Waals surface area (Å²) in [7, 11) is -13.4. The van der Waals surface area contributed by atoms with Gasteiger partial charge in [-0.05, 0) is 70.1 Å². The third-order valence-electron chi connectivity index (χ3n) is 6.04. The Kier molecular flexibility index (Phi) is 14.6. The Balaban J connectivity index is 0.000000570. The van der Waals surface area contributed by atoms with Gasteiger partial charge in [0.15, 0.2) is 20.0 Å². The lowest BCUT2D eigenvalue weighted by molar-refractivity contribution is -0.696. The lowest BCUT2D eigenvalue weighted by Gasteiger charge is -2.27. The molecule has 1 heterocycles. The number of sulfonamides is 2. The van der Waals surface area contributed by atoms with Crippen molar-refractivity contribution in [1.82, 2.24) is 9.88 Å². The van der Waals surface area contributed by atoms with Crippen molar-refractivity contribution in [3.63, 3.8) is 0 Å². The van der Waals surface area contributed by atoms with E-state index in [0.717, 1.165) is 66.0 Å². The summed E-state index contributed by atoms with van der Waals surface area (Å²) in [6, 6.07) is 8.10. The molecule has 0 saturated heterocycles. The van der Waals surface area contributed by atoms with Crippen LogP contribution in [0.3, 0.4) is 0 Å². The van der Waals surface area contributed by atoms with Crippen molar-refractivity contribution in [3.05, 3.63) is 64.8 Å². The average Bonchev–Trinajstić information content (AvgIpc) is 3.34. The van der Waals surface area contributed by atoms with E-state index in [9.17, 15) is 48.0 Å². The Labute approximate surface area is 259 Å². The standard InChI is InChI=1S/C25H37N3O2.C2F6NO4S2/c1-6-14-27-16-17-28(20-27)15-9-7-8-10-18-30-24(29)26-25(4,5)23-13-11-12-22(19-23)21(2)3;3-1(4,5)14(10,11)9-15(12,13)2(6,7)8/h11-13,16-17,19-20H,2,6-10,14-15,18H2,1,3-5H3;/q;-1/p+1. The van der Waals surface area contributed by atoms with Crippen molar-refractivity contribution in [3.8, 4) is 0 Å². The fourth-order valence-corrected chi connectivity index (χ4v) is 5.34. The summed E-state index contributed by atoms with van der Waals surface area (Å²) >= 11 is 0. The first-order chi connectivity index (χ1) is 20.5. The minimum absolute atomic E-state index is 0.367. The molecule has 1 aromatic heterocycles. The fraction of sp³-hybridized carbons (Fsp3) is 0.556. The lowest BCUT2D eigenvalue weighted by Crippen LogP contribution is -2.41. The first-order valence-electron chi connectivity index (χ1n) is 13.7. The first kappa shape index (κ1) is 39.9. The quantitative estimate of drug-likeness (QED) is 0.137. The third kappa shape index (κ3) is 13.4. The molecule has 0 aliphatic rings. The predicted octanol–water partition coefficient (Wildman–Crippen LogP) is 6.50. The van der Waals surface area contributed by atoms with Crippen LogP contribution in [0.2, 0.25) is 0 Å². The number of unbranched alkanes of at least 4 members (excludes halogenated alkanes) is 3. The van der Waals surface area contributed by atoms with Gasteiger partial charge in [0.1, 0.15) is 12.4 Å². The second-order valence-electron chi connectivity index (χ2n) is 10.5. The molecular formula is C27H38F6N4O6S2. The van der Waals surface area contributed by atoms with Crippen molar-refractivity contribution >= 4 is 31.7 Å². The number of aryl methyl sites for hydroxylation is 2. The number of rotatable bonds is 14. The van der Waals surface area contributed by atoms with E-state index >= 15 is 0 Å². The summed E-state index contributed by atoms with van der Waals surface area (Å²) in [5, 5.41) is 2.98. The number of hydrogen-bond donors (Lipinski definition) is 1. The maximum absolute atomic E-state index is 12.2. The van der Waals surface area contributed by atoms with E-state index in [0.29, 0.717) is 6.61 Å². The molecule has 0 aliphatic carbocycles. The monoisotopic (exact) mass is 692 g/mol. The number of allylic oxidation sites excluding steroid dienone is 1. The van der Waals surface area contributed by atoms with Crippen LogP contribution in [0.5, 0.6) is 0 Å². The Morgan fingerprint density at radius 2 is 1.58 bits per heavy atom.